The van der Waals surface area contributed by atoms with Gasteiger partial charge < -0.3 is 20.5 Å². The fourth-order valence-electron chi connectivity index (χ4n) is 1.60. The van der Waals surface area contributed by atoms with E-state index in [4.69, 9.17) is 9.84 Å². The summed E-state index contributed by atoms with van der Waals surface area (Å²) in [7, 11) is 1.23. The summed E-state index contributed by atoms with van der Waals surface area (Å²) in [5, 5.41) is 12.8. The Balaban J connectivity index is 2.72. The molecule has 1 aromatic rings. The summed E-state index contributed by atoms with van der Waals surface area (Å²) in [6.45, 7) is 0.0373. The molecule has 0 unspecified atom stereocenters. The smallest absolute Gasteiger partial charge is 0.418 e. The predicted molar refractivity (Wildman–Crippen MR) is 71.9 cm³/mol. The number of urea groups is 1. The number of carbonyl (C=O) groups excluding carboxylic acids is 1. The van der Waals surface area contributed by atoms with E-state index in [9.17, 15) is 22.8 Å². The number of carbonyl (C=O) groups is 2. The molecule has 9 heteroatoms. The molecule has 2 amide bonds. The number of methoxy groups -OCH3 is 1. The van der Waals surface area contributed by atoms with Gasteiger partial charge in [0, 0.05) is 13.0 Å². The van der Waals surface area contributed by atoms with Crippen molar-refractivity contribution < 1.29 is 32.6 Å². The van der Waals surface area contributed by atoms with Gasteiger partial charge in [-0.1, -0.05) is 0 Å². The molecule has 0 aliphatic carbocycles. The lowest BCUT2D eigenvalue weighted by atomic mass is 10.1. The third-order valence-corrected chi connectivity index (χ3v) is 2.63. The van der Waals surface area contributed by atoms with Gasteiger partial charge in [-0.05, 0) is 24.6 Å². The number of nitrogens with one attached hydrogen (secondary N) is 2. The molecule has 1 rings (SSSR count). The third kappa shape index (κ3) is 5.51. The van der Waals surface area contributed by atoms with Crippen LogP contribution in [-0.2, 0) is 11.0 Å². The minimum absolute atomic E-state index is 0.0136. The first-order chi connectivity index (χ1) is 10.2. The lowest BCUT2D eigenvalue weighted by molar-refractivity contribution is -0.138. The second-order valence-electron chi connectivity index (χ2n) is 4.29. The average molecular weight is 320 g/mol. The summed E-state index contributed by atoms with van der Waals surface area (Å²) in [5.41, 5.74) is -1.45. The van der Waals surface area contributed by atoms with Gasteiger partial charge in [0.05, 0.1) is 18.4 Å². The zero-order valence-electron chi connectivity index (χ0n) is 11.7. The monoisotopic (exact) mass is 320 g/mol. The quantitative estimate of drug-likeness (QED) is 0.703. The van der Waals surface area contributed by atoms with Crippen molar-refractivity contribution in [2.24, 2.45) is 0 Å². The van der Waals surface area contributed by atoms with E-state index in [2.05, 4.69) is 10.6 Å². The van der Waals surface area contributed by atoms with Crippen LogP contribution in [0, 0.1) is 0 Å². The van der Waals surface area contributed by atoms with Crippen molar-refractivity contribution in [1.29, 1.82) is 0 Å². The molecule has 0 aromatic heterocycles. The van der Waals surface area contributed by atoms with Crippen LogP contribution >= 0.6 is 0 Å². The van der Waals surface area contributed by atoms with Crippen LogP contribution in [0.3, 0.4) is 0 Å². The van der Waals surface area contributed by atoms with Crippen LogP contribution in [0.15, 0.2) is 18.2 Å². The number of alkyl halides is 3. The zero-order chi connectivity index (χ0) is 16.8. The van der Waals surface area contributed by atoms with E-state index in [-0.39, 0.29) is 25.1 Å². The van der Waals surface area contributed by atoms with E-state index in [1.165, 1.54) is 13.2 Å². The highest BCUT2D eigenvalue weighted by Crippen LogP contribution is 2.37. The Hall–Kier alpha value is -2.45. The van der Waals surface area contributed by atoms with E-state index in [0.29, 0.717) is 0 Å². The summed E-state index contributed by atoms with van der Waals surface area (Å²) >= 11 is 0. The third-order valence-electron chi connectivity index (χ3n) is 2.63. The largest absolute Gasteiger partial charge is 0.497 e. The van der Waals surface area contributed by atoms with Crippen molar-refractivity contribution in [2.45, 2.75) is 19.0 Å². The minimum Gasteiger partial charge on any atom is -0.497 e. The van der Waals surface area contributed by atoms with Crippen LogP contribution in [0.2, 0.25) is 0 Å². The number of rotatable bonds is 6. The summed E-state index contributed by atoms with van der Waals surface area (Å²) in [4.78, 5) is 21.8. The van der Waals surface area contributed by atoms with E-state index in [1.54, 1.807) is 0 Å². The fraction of sp³-hybridized carbons (Fsp3) is 0.385. The van der Waals surface area contributed by atoms with E-state index < -0.39 is 29.4 Å². The summed E-state index contributed by atoms with van der Waals surface area (Å²) in [5.74, 6) is -1.00. The van der Waals surface area contributed by atoms with E-state index in [1.807, 2.05) is 0 Å². The lowest BCUT2D eigenvalue weighted by Gasteiger charge is -2.15. The zero-order valence-corrected chi connectivity index (χ0v) is 11.7. The second-order valence-corrected chi connectivity index (χ2v) is 4.29. The Morgan fingerprint density at radius 1 is 1.32 bits per heavy atom. The molecule has 6 nitrogen and oxygen atoms in total. The van der Waals surface area contributed by atoms with E-state index in [0.717, 1.165) is 12.1 Å². The molecule has 3 N–H and O–H groups in total. The first kappa shape index (κ1) is 17.6. The highest BCUT2D eigenvalue weighted by Gasteiger charge is 2.34. The number of anilines is 1. The van der Waals surface area contributed by atoms with Gasteiger partial charge in [0.25, 0.3) is 0 Å². The molecular formula is C13H15F3N2O4. The Morgan fingerprint density at radius 3 is 2.55 bits per heavy atom. The first-order valence-electron chi connectivity index (χ1n) is 6.26. The van der Waals surface area contributed by atoms with Gasteiger partial charge in [0.2, 0.25) is 0 Å². The molecule has 0 saturated heterocycles. The van der Waals surface area contributed by atoms with Crippen molar-refractivity contribution in [1.82, 2.24) is 5.32 Å². The van der Waals surface area contributed by atoms with Crippen LogP contribution in [0.25, 0.3) is 0 Å². The first-order valence-corrected chi connectivity index (χ1v) is 6.26. The standard InChI is InChI=1S/C13H15F3N2O4/c1-22-8-4-5-10(9(7-8)13(14,15)16)18-12(21)17-6-2-3-11(19)20/h4-5,7H,2-3,6H2,1H3,(H,19,20)(H2,17,18,21). The summed E-state index contributed by atoms with van der Waals surface area (Å²) in [6.07, 6.45) is -4.62. The van der Waals surface area contributed by atoms with Gasteiger partial charge in [-0.3, -0.25) is 4.79 Å². The lowest BCUT2D eigenvalue weighted by Crippen LogP contribution is -2.30. The normalized spacial score (nSPS) is 10.9. The van der Waals surface area contributed by atoms with Gasteiger partial charge in [-0.15, -0.1) is 0 Å². The number of halogens is 3. The molecule has 0 spiro atoms. The number of carboxylic acids is 1. The number of aliphatic carboxylic acids is 1. The van der Waals surface area contributed by atoms with Crippen LogP contribution < -0.4 is 15.4 Å². The number of benzene rings is 1. The molecule has 0 atom stereocenters. The van der Waals surface area contributed by atoms with Crippen molar-refractivity contribution >= 4 is 17.7 Å². The van der Waals surface area contributed by atoms with Crippen LogP contribution in [0.5, 0.6) is 5.75 Å². The number of carboxylic acid groups (broad SMARTS) is 1. The molecular weight excluding hydrogens is 305 g/mol. The molecule has 0 radical (unpaired) electrons. The minimum atomic E-state index is -4.65. The molecule has 122 valence electrons. The summed E-state index contributed by atoms with van der Waals surface area (Å²) < 4.78 is 43.5. The maximum Gasteiger partial charge on any atom is 0.418 e. The topological polar surface area (TPSA) is 87.7 Å². The predicted octanol–water partition coefficient (Wildman–Crippen LogP) is 2.70. The molecule has 0 fully saturated rings. The van der Waals surface area contributed by atoms with Crippen molar-refractivity contribution in [3.05, 3.63) is 23.8 Å². The molecule has 0 heterocycles. The maximum atomic E-state index is 12.9. The molecule has 0 aliphatic rings. The SMILES string of the molecule is COc1ccc(NC(=O)NCCCC(=O)O)c(C(F)(F)F)c1. The molecule has 22 heavy (non-hydrogen) atoms. The van der Waals surface area contributed by atoms with Crippen molar-refractivity contribution in [2.75, 3.05) is 19.0 Å². The van der Waals surface area contributed by atoms with Gasteiger partial charge >= 0.3 is 18.2 Å². The average Bonchev–Trinajstić information content (AvgIpc) is 2.42. The molecule has 0 aliphatic heterocycles. The molecule has 0 bridgehead atoms. The van der Waals surface area contributed by atoms with Crippen LogP contribution in [-0.4, -0.2) is 30.8 Å². The number of amides is 2. The Kier molecular flexibility index (Phi) is 6.02. The van der Waals surface area contributed by atoms with Gasteiger partial charge in [-0.2, -0.15) is 13.2 Å². The number of ether oxygens (including phenoxy) is 1. The van der Waals surface area contributed by atoms with Gasteiger partial charge in [0.15, 0.2) is 0 Å². The molecule has 1 aromatic carbocycles. The molecule has 0 saturated carbocycles. The Morgan fingerprint density at radius 2 is 2.00 bits per heavy atom. The highest BCUT2D eigenvalue weighted by atomic mass is 19.4. The number of hydrogen-bond donors (Lipinski definition) is 3. The fourth-order valence-corrected chi connectivity index (χ4v) is 1.60. The van der Waals surface area contributed by atoms with Crippen LogP contribution in [0.1, 0.15) is 18.4 Å². The maximum absolute atomic E-state index is 12.9. The van der Waals surface area contributed by atoms with Crippen molar-refractivity contribution in [3.63, 3.8) is 0 Å². The van der Waals surface area contributed by atoms with Gasteiger partial charge in [0.1, 0.15) is 5.75 Å². The van der Waals surface area contributed by atoms with Crippen LogP contribution in [0.4, 0.5) is 23.7 Å². The summed E-state index contributed by atoms with van der Waals surface area (Å²) in [6, 6.07) is 2.30. The highest BCUT2D eigenvalue weighted by molar-refractivity contribution is 5.90. The second kappa shape index (κ2) is 7.53. The van der Waals surface area contributed by atoms with Crippen molar-refractivity contribution in [3.8, 4) is 5.75 Å². The number of hydrogen-bond acceptors (Lipinski definition) is 3. The Labute approximate surface area is 124 Å². The Bertz CT molecular complexity index is 547. The van der Waals surface area contributed by atoms with Gasteiger partial charge in [-0.25, -0.2) is 4.79 Å². The van der Waals surface area contributed by atoms with E-state index >= 15 is 0 Å².